The van der Waals surface area contributed by atoms with Crippen molar-refractivity contribution in [1.29, 1.82) is 0 Å². The lowest BCUT2D eigenvalue weighted by Crippen LogP contribution is -2.29. The molecule has 2 N–H and O–H groups in total. The van der Waals surface area contributed by atoms with Gasteiger partial charge in [0, 0.05) is 27.7 Å². The van der Waals surface area contributed by atoms with Crippen LogP contribution in [0.3, 0.4) is 0 Å². The van der Waals surface area contributed by atoms with Crippen LogP contribution in [0.15, 0.2) is 27.1 Å². The van der Waals surface area contributed by atoms with Crippen molar-refractivity contribution in [3.8, 4) is 0 Å². The van der Waals surface area contributed by atoms with Crippen LogP contribution in [-0.2, 0) is 0 Å². The zero-order valence-electron chi connectivity index (χ0n) is 10.2. The van der Waals surface area contributed by atoms with E-state index in [9.17, 15) is 4.79 Å². The predicted octanol–water partition coefficient (Wildman–Crippen LogP) is 3.35. The van der Waals surface area contributed by atoms with E-state index in [0.717, 1.165) is 21.8 Å². The molecular formula is C13H17Br2NO2. The second-order valence-electron chi connectivity index (χ2n) is 4.15. The highest BCUT2D eigenvalue weighted by Gasteiger charge is 2.10. The molecule has 0 fully saturated rings. The number of aliphatic hydroxyl groups is 1. The van der Waals surface area contributed by atoms with Crippen molar-refractivity contribution in [1.82, 2.24) is 5.32 Å². The number of aliphatic hydroxyl groups excluding tert-OH is 1. The van der Waals surface area contributed by atoms with Crippen LogP contribution < -0.4 is 5.32 Å². The van der Waals surface area contributed by atoms with E-state index in [2.05, 4.69) is 44.1 Å². The van der Waals surface area contributed by atoms with Crippen LogP contribution in [0.2, 0.25) is 0 Å². The molecule has 1 amide bonds. The number of amides is 1. The number of nitrogens with one attached hydrogen (secondary N) is 1. The van der Waals surface area contributed by atoms with E-state index in [0.29, 0.717) is 18.0 Å². The summed E-state index contributed by atoms with van der Waals surface area (Å²) in [6.45, 7) is 2.82. The molecule has 0 aliphatic carbocycles. The van der Waals surface area contributed by atoms with Crippen molar-refractivity contribution in [2.75, 3.05) is 13.2 Å². The molecule has 5 heteroatoms. The molecule has 0 heterocycles. The van der Waals surface area contributed by atoms with Gasteiger partial charge in [-0.25, -0.2) is 0 Å². The Morgan fingerprint density at radius 3 is 2.44 bits per heavy atom. The first kappa shape index (κ1) is 15.7. The van der Waals surface area contributed by atoms with Crippen molar-refractivity contribution < 1.29 is 9.90 Å². The largest absolute Gasteiger partial charge is 0.396 e. The molecule has 0 aliphatic heterocycles. The minimum absolute atomic E-state index is 0.0895. The van der Waals surface area contributed by atoms with Gasteiger partial charge < -0.3 is 10.4 Å². The average Bonchev–Trinajstić information content (AvgIpc) is 2.32. The van der Waals surface area contributed by atoms with Crippen LogP contribution in [0, 0.1) is 5.92 Å². The van der Waals surface area contributed by atoms with Gasteiger partial charge in [-0.1, -0.05) is 45.2 Å². The molecule has 0 aromatic heterocycles. The summed E-state index contributed by atoms with van der Waals surface area (Å²) in [5.41, 5.74) is 0.620. The first-order chi connectivity index (χ1) is 8.56. The molecule has 0 bridgehead atoms. The van der Waals surface area contributed by atoms with E-state index < -0.39 is 0 Å². The van der Waals surface area contributed by atoms with Gasteiger partial charge in [0.1, 0.15) is 0 Å². The van der Waals surface area contributed by atoms with Gasteiger partial charge in [0.15, 0.2) is 0 Å². The Kier molecular flexibility index (Phi) is 6.89. The van der Waals surface area contributed by atoms with Crippen LogP contribution in [0.1, 0.15) is 30.1 Å². The predicted molar refractivity (Wildman–Crippen MR) is 79.7 cm³/mol. The molecule has 3 nitrogen and oxygen atoms in total. The molecular weight excluding hydrogens is 362 g/mol. The summed E-state index contributed by atoms with van der Waals surface area (Å²) in [6, 6.07) is 5.46. The summed E-state index contributed by atoms with van der Waals surface area (Å²) in [5.74, 6) is 0.239. The highest BCUT2D eigenvalue weighted by atomic mass is 79.9. The molecule has 1 unspecified atom stereocenters. The summed E-state index contributed by atoms with van der Waals surface area (Å²) in [6.07, 6.45) is 1.67. The second-order valence-corrected chi connectivity index (χ2v) is 5.99. The number of halogens is 2. The van der Waals surface area contributed by atoms with Crippen LogP contribution in [0.4, 0.5) is 0 Å². The van der Waals surface area contributed by atoms with Crippen molar-refractivity contribution in [2.24, 2.45) is 5.92 Å². The van der Waals surface area contributed by atoms with Gasteiger partial charge in [0.25, 0.3) is 5.91 Å². The van der Waals surface area contributed by atoms with Crippen molar-refractivity contribution >= 4 is 37.8 Å². The van der Waals surface area contributed by atoms with Gasteiger partial charge in [-0.05, 0) is 30.5 Å². The molecule has 0 radical (unpaired) electrons. The highest BCUT2D eigenvalue weighted by Crippen LogP contribution is 2.20. The average molecular weight is 379 g/mol. The van der Waals surface area contributed by atoms with E-state index >= 15 is 0 Å². The number of carbonyl (C=O) groups is 1. The first-order valence-electron chi connectivity index (χ1n) is 5.92. The lowest BCUT2D eigenvalue weighted by molar-refractivity contribution is 0.0943. The van der Waals surface area contributed by atoms with Gasteiger partial charge in [-0.3, -0.25) is 4.79 Å². The van der Waals surface area contributed by atoms with Crippen molar-refractivity contribution in [2.45, 2.75) is 19.8 Å². The number of carbonyl (C=O) groups excluding carboxylic acids is 1. The zero-order chi connectivity index (χ0) is 13.5. The van der Waals surface area contributed by atoms with Gasteiger partial charge in [0.05, 0.1) is 0 Å². The molecule has 1 rings (SSSR count). The Morgan fingerprint density at radius 2 is 1.94 bits per heavy atom. The van der Waals surface area contributed by atoms with Gasteiger partial charge >= 0.3 is 0 Å². The molecule has 18 heavy (non-hydrogen) atoms. The van der Waals surface area contributed by atoms with E-state index in [1.807, 2.05) is 6.07 Å². The molecule has 1 aromatic rings. The van der Waals surface area contributed by atoms with E-state index in [1.54, 1.807) is 12.1 Å². The van der Waals surface area contributed by atoms with E-state index in [-0.39, 0.29) is 12.5 Å². The van der Waals surface area contributed by atoms with Crippen molar-refractivity contribution in [3.63, 3.8) is 0 Å². The standard InChI is InChI=1S/C13H17Br2NO2/c1-2-9(3-4-17)8-16-13(18)10-5-11(14)7-12(15)6-10/h5-7,9,17H,2-4,8H2,1H3,(H,16,18). The van der Waals surface area contributed by atoms with Gasteiger partial charge in [-0.15, -0.1) is 0 Å². The molecule has 0 saturated carbocycles. The maximum atomic E-state index is 12.0. The van der Waals surface area contributed by atoms with Gasteiger partial charge in [-0.2, -0.15) is 0 Å². The SMILES string of the molecule is CCC(CCO)CNC(=O)c1cc(Br)cc(Br)c1. The summed E-state index contributed by atoms with van der Waals surface area (Å²) in [4.78, 5) is 12.0. The summed E-state index contributed by atoms with van der Waals surface area (Å²) < 4.78 is 1.73. The number of rotatable bonds is 6. The normalized spacial score (nSPS) is 12.2. The second kappa shape index (κ2) is 7.92. The molecule has 1 aromatic carbocycles. The Bertz CT molecular complexity index is 390. The summed E-state index contributed by atoms with van der Waals surface area (Å²) in [5, 5.41) is 11.8. The minimum atomic E-state index is -0.0895. The Balaban J connectivity index is 2.59. The fourth-order valence-corrected chi connectivity index (χ4v) is 2.95. The molecule has 0 spiro atoms. The Labute approximate surface area is 124 Å². The quantitative estimate of drug-likeness (QED) is 0.797. The fraction of sp³-hybridized carbons (Fsp3) is 0.462. The molecule has 1 atom stereocenters. The number of hydrogen-bond acceptors (Lipinski definition) is 2. The van der Waals surface area contributed by atoms with Crippen LogP contribution in [0.25, 0.3) is 0 Å². The van der Waals surface area contributed by atoms with Gasteiger partial charge in [0.2, 0.25) is 0 Å². The lowest BCUT2D eigenvalue weighted by atomic mass is 10.0. The van der Waals surface area contributed by atoms with Crippen molar-refractivity contribution in [3.05, 3.63) is 32.7 Å². The lowest BCUT2D eigenvalue weighted by Gasteiger charge is -2.14. The monoisotopic (exact) mass is 377 g/mol. The maximum absolute atomic E-state index is 12.0. The smallest absolute Gasteiger partial charge is 0.251 e. The van der Waals surface area contributed by atoms with Crippen LogP contribution >= 0.6 is 31.9 Å². The number of hydrogen-bond donors (Lipinski definition) is 2. The molecule has 0 aliphatic rings. The Morgan fingerprint density at radius 1 is 1.33 bits per heavy atom. The van der Waals surface area contributed by atoms with Crippen LogP contribution in [-0.4, -0.2) is 24.2 Å². The number of benzene rings is 1. The highest BCUT2D eigenvalue weighted by molar-refractivity contribution is 9.11. The molecule has 100 valence electrons. The Hall–Kier alpha value is -0.390. The van der Waals surface area contributed by atoms with E-state index in [4.69, 9.17) is 5.11 Å². The third kappa shape index (κ3) is 5.08. The van der Waals surface area contributed by atoms with E-state index in [1.165, 1.54) is 0 Å². The first-order valence-corrected chi connectivity index (χ1v) is 7.50. The fourth-order valence-electron chi connectivity index (χ4n) is 1.66. The summed E-state index contributed by atoms with van der Waals surface area (Å²) >= 11 is 6.71. The van der Waals surface area contributed by atoms with Crippen LogP contribution in [0.5, 0.6) is 0 Å². The maximum Gasteiger partial charge on any atom is 0.251 e. The summed E-state index contributed by atoms with van der Waals surface area (Å²) in [7, 11) is 0. The third-order valence-electron chi connectivity index (χ3n) is 2.79. The topological polar surface area (TPSA) is 49.3 Å². The minimum Gasteiger partial charge on any atom is -0.396 e. The molecule has 0 saturated heterocycles. The third-order valence-corrected chi connectivity index (χ3v) is 3.71. The zero-order valence-corrected chi connectivity index (χ0v) is 13.4.